The highest BCUT2D eigenvalue weighted by atomic mass is 19.1. The number of ether oxygens (including phenoxy) is 1. The largest absolute Gasteiger partial charge is 0.460 e. The number of aromatic nitrogens is 2. The third-order valence-electron chi connectivity index (χ3n) is 3.91. The third kappa shape index (κ3) is 3.44. The molecular formula is C19H14FN3O3. The molecule has 0 unspecified atom stereocenters. The topological polar surface area (TPSA) is 85.0 Å². The number of esters is 1. The Kier molecular flexibility index (Phi) is 4.76. The Labute approximate surface area is 148 Å². The summed E-state index contributed by atoms with van der Waals surface area (Å²) in [7, 11) is 1.51. The Morgan fingerprint density at radius 2 is 2.00 bits per heavy atom. The van der Waals surface area contributed by atoms with Gasteiger partial charge in [0, 0.05) is 18.0 Å². The molecule has 1 heterocycles. The number of benzene rings is 2. The zero-order valence-electron chi connectivity index (χ0n) is 13.9. The molecule has 0 saturated heterocycles. The van der Waals surface area contributed by atoms with Crippen molar-refractivity contribution in [2.75, 3.05) is 0 Å². The van der Waals surface area contributed by atoms with Crippen molar-refractivity contribution in [3.63, 3.8) is 0 Å². The average molecular weight is 351 g/mol. The van der Waals surface area contributed by atoms with E-state index in [0.717, 1.165) is 6.07 Å². The van der Waals surface area contributed by atoms with Gasteiger partial charge in [-0.25, -0.2) is 9.07 Å². The lowest BCUT2D eigenvalue weighted by atomic mass is 10.1. The van der Waals surface area contributed by atoms with E-state index < -0.39 is 11.8 Å². The molecule has 26 heavy (non-hydrogen) atoms. The Hall–Kier alpha value is -3.53. The van der Waals surface area contributed by atoms with Crippen molar-refractivity contribution >= 4 is 16.7 Å². The minimum atomic E-state index is -0.608. The van der Waals surface area contributed by atoms with Crippen LogP contribution < -0.4 is 5.56 Å². The monoisotopic (exact) mass is 351 g/mol. The Balaban J connectivity index is 1.79. The molecule has 2 aromatic carbocycles. The molecule has 0 radical (unpaired) electrons. The normalized spacial score (nSPS) is 10.5. The summed E-state index contributed by atoms with van der Waals surface area (Å²) in [6, 6.07) is 12.6. The molecule has 0 N–H and O–H groups in total. The zero-order chi connectivity index (χ0) is 18.7. The average Bonchev–Trinajstić information content (AvgIpc) is 2.65. The maximum Gasteiger partial charge on any atom is 0.312 e. The minimum absolute atomic E-state index is 0.121. The van der Waals surface area contributed by atoms with Crippen molar-refractivity contribution in [1.29, 1.82) is 5.26 Å². The highest BCUT2D eigenvalue weighted by molar-refractivity contribution is 5.86. The quantitative estimate of drug-likeness (QED) is 0.673. The number of hydrogen-bond donors (Lipinski definition) is 0. The van der Waals surface area contributed by atoms with Gasteiger partial charge in [0.2, 0.25) is 0 Å². The van der Waals surface area contributed by atoms with Crippen molar-refractivity contribution in [2.45, 2.75) is 13.0 Å². The van der Waals surface area contributed by atoms with Gasteiger partial charge in [-0.1, -0.05) is 18.2 Å². The SMILES string of the molecule is Cn1nc(CC(=O)OCc2cc(C#N)ccc2F)c2ccccc2c1=O. The summed E-state index contributed by atoms with van der Waals surface area (Å²) in [4.78, 5) is 24.2. The minimum Gasteiger partial charge on any atom is -0.460 e. The number of rotatable bonds is 4. The van der Waals surface area contributed by atoms with Crippen molar-refractivity contribution in [1.82, 2.24) is 9.78 Å². The van der Waals surface area contributed by atoms with Gasteiger partial charge in [0.05, 0.1) is 29.1 Å². The Morgan fingerprint density at radius 1 is 1.27 bits per heavy atom. The van der Waals surface area contributed by atoms with Gasteiger partial charge in [-0.05, 0) is 24.3 Å². The molecule has 3 aromatic rings. The second-order valence-corrected chi connectivity index (χ2v) is 5.68. The van der Waals surface area contributed by atoms with E-state index in [-0.39, 0.29) is 29.7 Å². The highest BCUT2D eigenvalue weighted by Gasteiger charge is 2.14. The van der Waals surface area contributed by atoms with Crippen LogP contribution in [0.3, 0.4) is 0 Å². The molecule has 0 aliphatic carbocycles. The van der Waals surface area contributed by atoms with Gasteiger partial charge in [0.1, 0.15) is 12.4 Å². The van der Waals surface area contributed by atoms with E-state index in [9.17, 15) is 14.0 Å². The lowest BCUT2D eigenvalue weighted by molar-refractivity contribution is -0.144. The van der Waals surface area contributed by atoms with Crippen LogP contribution in [0.1, 0.15) is 16.8 Å². The predicted octanol–water partition coefficient (Wildman–Crippen LogP) is 2.23. The van der Waals surface area contributed by atoms with Crippen molar-refractivity contribution in [3.05, 3.63) is 75.5 Å². The van der Waals surface area contributed by atoms with E-state index in [0.29, 0.717) is 16.5 Å². The van der Waals surface area contributed by atoms with E-state index in [1.165, 1.54) is 23.9 Å². The molecule has 7 heteroatoms. The molecule has 6 nitrogen and oxygen atoms in total. The van der Waals surface area contributed by atoms with Crippen LogP contribution in [-0.2, 0) is 29.6 Å². The van der Waals surface area contributed by atoms with Crippen molar-refractivity contribution < 1.29 is 13.9 Å². The third-order valence-corrected chi connectivity index (χ3v) is 3.91. The first-order valence-electron chi connectivity index (χ1n) is 7.78. The summed E-state index contributed by atoms with van der Waals surface area (Å²) >= 11 is 0. The van der Waals surface area contributed by atoms with Gasteiger partial charge < -0.3 is 4.74 Å². The fraction of sp³-hybridized carbons (Fsp3) is 0.158. The first-order valence-corrected chi connectivity index (χ1v) is 7.78. The molecule has 0 amide bonds. The lowest BCUT2D eigenvalue weighted by Gasteiger charge is -2.09. The molecule has 130 valence electrons. The van der Waals surface area contributed by atoms with Crippen LogP contribution in [-0.4, -0.2) is 15.7 Å². The maximum absolute atomic E-state index is 13.7. The highest BCUT2D eigenvalue weighted by Crippen LogP contribution is 2.15. The Morgan fingerprint density at radius 3 is 2.73 bits per heavy atom. The molecule has 0 aliphatic heterocycles. The summed E-state index contributed by atoms with van der Waals surface area (Å²) in [5.41, 5.74) is 0.547. The number of hydrogen-bond acceptors (Lipinski definition) is 5. The first-order chi connectivity index (χ1) is 12.5. The van der Waals surface area contributed by atoms with E-state index in [1.54, 1.807) is 24.3 Å². The zero-order valence-corrected chi connectivity index (χ0v) is 13.9. The molecule has 0 saturated carbocycles. The number of halogens is 1. The number of aryl methyl sites for hydroxylation is 1. The molecule has 3 rings (SSSR count). The van der Waals surface area contributed by atoms with Gasteiger partial charge in [-0.3, -0.25) is 9.59 Å². The van der Waals surface area contributed by atoms with E-state index in [2.05, 4.69) is 5.10 Å². The number of carbonyl (C=O) groups excluding carboxylic acids is 1. The van der Waals surface area contributed by atoms with Crippen LogP contribution in [0.4, 0.5) is 4.39 Å². The number of fused-ring (bicyclic) bond motifs is 1. The maximum atomic E-state index is 13.7. The van der Waals surface area contributed by atoms with Crippen molar-refractivity contribution in [3.8, 4) is 6.07 Å². The Bertz CT molecular complexity index is 1100. The van der Waals surface area contributed by atoms with Crippen LogP contribution in [0.15, 0.2) is 47.3 Å². The molecule has 1 aromatic heterocycles. The van der Waals surface area contributed by atoms with Crippen LogP contribution in [0.2, 0.25) is 0 Å². The summed E-state index contributed by atoms with van der Waals surface area (Å²) in [5.74, 6) is -1.16. The fourth-order valence-corrected chi connectivity index (χ4v) is 2.61. The summed E-state index contributed by atoms with van der Waals surface area (Å²) in [6.45, 7) is -0.288. The molecule has 0 spiro atoms. The van der Waals surface area contributed by atoms with Gasteiger partial charge in [0.25, 0.3) is 5.56 Å². The van der Waals surface area contributed by atoms with Crippen LogP contribution >= 0.6 is 0 Å². The van der Waals surface area contributed by atoms with E-state index in [1.807, 2.05) is 6.07 Å². The smallest absolute Gasteiger partial charge is 0.312 e. The molecular weight excluding hydrogens is 337 g/mol. The summed E-state index contributed by atoms with van der Waals surface area (Å²) in [6.07, 6.45) is -0.159. The van der Waals surface area contributed by atoms with E-state index >= 15 is 0 Å². The van der Waals surface area contributed by atoms with Gasteiger partial charge >= 0.3 is 5.97 Å². The van der Waals surface area contributed by atoms with Crippen molar-refractivity contribution in [2.24, 2.45) is 7.05 Å². The second kappa shape index (κ2) is 7.15. The number of carbonyl (C=O) groups is 1. The van der Waals surface area contributed by atoms with Gasteiger partial charge in [0.15, 0.2) is 0 Å². The van der Waals surface area contributed by atoms with Gasteiger partial charge in [-0.15, -0.1) is 0 Å². The second-order valence-electron chi connectivity index (χ2n) is 5.68. The standard InChI is InChI=1S/C19H14FN3O3/c1-23-19(25)15-5-3-2-4-14(15)17(22-23)9-18(24)26-11-13-8-12(10-21)6-7-16(13)20/h2-8H,9,11H2,1H3. The summed E-state index contributed by atoms with van der Waals surface area (Å²) in [5, 5.41) is 14.0. The molecule has 0 bridgehead atoms. The lowest BCUT2D eigenvalue weighted by Crippen LogP contribution is -2.22. The van der Waals surface area contributed by atoms with Crippen LogP contribution in [0.25, 0.3) is 10.8 Å². The van der Waals surface area contributed by atoms with Gasteiger partial charge in [-0.2, -0.15) is 10.4 Å². The molecule has 0 aliphatic rings. The predicted molar refractivity (Wildman–Crippen MR) is 91.6 cm³/mol. The molecule has 0 fully saturated rings. The molecule has 0 atom stereocenters. The van der Waals surface area contributed by atoms with Crippen LogP contribution in [0.5, 0.6) is 0 Å². The summed E-state index contributed by atoms with van der Waals surface area (Å²) < 4.78 is 20.0. The van der Waals surface area contributed by atoms with E-state index in [4.69, 9.17) is 10.00 Å². The fourth-order valence-electron chi connectivity index (χ4n) is 2.61. The first kappa shape index (κ1) is 17.3. The van der Waals surface area contributed by atoms with Crippen LogP contribution in [0, 0.1) is 17.1 Å². The number of nitrogens with zero attached hydrogens (tertiary/aromatic N) is 3. The number of nitriles is 1.